The fourth-order valence-corrected chi connectivity index (χ4v) is 4.74. The van der Waals surface area contributed by atoms with E-state index in [1.54, 1.807) is 34.3 Å². The number of methoxy groups -OCH3 is 1. The highest BCUT2D eigenvalue weighted by Gasteiger charge is 2.22. The summed E-state index contributed by atoms with van der Waals surface area (Å²) in [6.45, 7) is -2.92. The van der Waals surface area contributed by atoms with Gasteiger partial charge in [-0.15, -0.1) is 16.4 Å². The maximum Gasteiger partial charge on any atom is 0.387 e. The Morgan fingerprint density at radius 3 is 2.93 bits per heavy atom. The van der Waals surface area contributed by atoms with E-state index in [0.29, 0.717) is 11.4 Å². The molecule has 138 valence electrons. The van der Waals surface area contributed by atoms with Crippen molar-refractivity contribution in [3.05, 3.63) is 35.0 Å². The number of benzene rings is 1. The highest BCUT2D eigenvalue weighted by Crippen LogP contribution is 2.38. The van der Waals surface area contributed by atoms with Crippen LogP contribution in [0.5, 0.6) is 11.5 Å². The second-order valence-electron chi connectivity index (χ2n) is 6.23. The number of hydrogen-bond acceptors (Lipinski definition) is 6. The van der Waals surface area contributed by atoms with Crippen LogP contribution in [0.3, 0.4) is 0 Å². The lowest BCUT2D eigenvalue weighted by Gasteiger charge is -2.10. The number of rotatable bonds is 4. The normalized spacial score (nSPS) is 13.6. The lowest BCUT2D eigenvalue weighted by atomic mass is 10.2. The summed E-state index contributed by atoms with van der Waals surface area (Å²) in [7, 11) is 1.40. The quantitative estimate of drug-likeness (QED) is 0.527. The van der Waals surface area contributed by atoms with E-state index in [9.17, 15) is 8.78 Å². The van der Waals surface area contributed by atoms with Gasteiger partial charge in [-0.3, -0.25) is 0 Å². The second-order valence-corrected chi connectivity index (χ2v) is 7.31. The molecule has 0 saturated heterocycles. The third-order valence-corrected chi connectivity index (χ3v) is 5.88. The van der Waals surface area contributed by atoms with Crippen LogP contribution in [0.4, 0.5) is 8.78 Å². The minimum Gasteiger partial charge on any atom is -0.493 e. The Bertz CT molecular complexity index is 1170. The summed E-state index contributed by atoms with van der Waals surface area (Å²) in [4.78, 5) is 11.6. The maximum absolute atomic E-state index is 12.5. The first-order valence-corrected chi connectivity index (χ1v) is 9.24. The van der Waals surface area contributed by atoms with Crippen molar-refractivity contribution < 1.29 is 18.3 Å². The first-order chi connectivity index (χ1) is 13.1. The smallest absolute Gasteiger partial charge is 0.387 e. The molecule has 0 radical (unpaired) electrons. The van der Waals surface area contributed by atoms with Gasteiger partial charge in [0.2, 0.25) is 0 Å². The predicted octanol–water partition coefficient (Wildman–Crippen LogP) is 4.10. The summed E-state index contributed by atoms with van der Waals surface area (Å²) in [6, 6.07) is 4.66. The highest BCUT2D eigenvalue weighted by molar-refractivity contribution is 7.19. The number of ether oxygens (including phenoxy) is 2. The van der Waals surface area contributed by atoms with Crippen molar-refractivity contribution in [1.29, 1.82) is 0 Å². The highest BCUT2D eigenvalue weighted by atomic mass is 32.1. The number of nitrogens with zero attached hydrogens (tertiary/aromatic N) is 4. The van der Waals surface area contributed by atoms with Crippen LogP contribution in [0, 0.1) is 0 Å². The van der Waals surface area contributed by atoms with Gasteiger partial charge in [0.25, 0.3) is 0 Å². The Balaban J connectivity index is 1.64. The maximum atomic E-state index is 12.5. The molecule has 1 aliphatic carbocycles. The Labute approximate surface area is 156 Å². The van der Waals surface area contributed by atoms with Crippen LogP contribution in [-0.2, 0) is 12.8 Å². The van der Waals surface area contributed by atoms with Gasteiger partial charge in [0.15, 0.2) is 23.0 Å². The largest absolute Gasteiger partial charge is 0.493 e. The van der Waals surface area contributed by atoms with Gasteiger partial charge in [0.05, 0.1) is 12.5 Å². The summed E-state index contributed by atoms with van der Waals surface area (Å²) in [6.07, 6.45) is 4.94. The molecule has 3 heterocycles. The SMILES string of the molecule is COc1cc(-c2nc3c4c5c(sc4ncn3n2)CCC5)ccc1OC(F)F. The Morgan fingerprint density at radius 2 is 2.11 bits per heavy atom. The molecule has 1 aliphatic rings. The van der Waals surface area contributed by atoms with Crippen molar-refractivity contribution in [2.75, 3.05) is 7.11 Å². The van der Waals surface area contributed by atoms with E-state index >= 15 is 0 Å². The first kappa shape index (κ1) is 16.4. The van der Waals surface area contributed by atoms with Gasteiger partial charge in [0.1, 0.15) is 11.2 Å². The monoisotopic (exact) mass is 388 g/mol. The van der Waals surface area contributed by atoms with Crippen molar-refractivity contribution in [2.24, 2.45) is 0 Å². The van der Waals surface area contributed by atoms with E-state index in [4.69, 9.17) is 9.72 Å². The van der Waals surface area contributed by atoms with E-state index < -0.39 is 6.61 Å². The molecule has 0 amide bonds. The molecule has 0 atom stereocenters. The molecule has 0 unspecified atom stereocenters. The van der Waals surface area contributed by atoms with Crippen LogP contribution >= 0.6 is 11.3 Å². The summed E-state index contributed by atoms with van der Waals surface area (Å²) < 4.78 is 36.3. The molecule has 1 aromatic carbocycles. The fraction of sp³-hybridized carbons (Fsp3) is 0.278. The Morgan fingerprint density at radius 1 is 1.22 bits per heavy atom. The third kappa shape index (κ3) is 2.61. The van der Waals surface area contributed by atoms with Crippen molar-refractivity contribution in [3.8, 4) is 22.9 Å². The predicted molar refractivity (Wildman–Crippen MR) is 96.8 cm³/mol. The van der Waals surface area contributed by atoms with Crippen molar-refractivity contribution >= 4 is 27.2 Å². The van der Waals surface area contributed by atoms with Crippen molar-refractivity contribution in [2.45, 2.75) is 25.9 Å². The summed E-state index contributed by atoms with van der Waals surface area (Å²) in [5.41, 5.74) is 2.74. The molecule has 4 aromatic rings. The standard InChI is InChI=1S/C18H14F2N4O2S/c1-25-12-7-9(5-6-11(12)26-18(19)20)15-22-16-14-10-3-2-4-13(10)27-17(14)21-8-24(16)23-15/h5-8,18H,2-4H2,1H3. The van der Waals surface area contributed by atoms with Gasteiger partial charge >= 0.3 is 6.61 Å². The molecule has 0 N–H and O–H groups in total. The Hall–Kier alpha value is -2.81. The number of alkyl halides is 2. The van der Waals surface area contributed by atoms with E-state index in [1.165, 1.54) is 23.6 Å². The van der Waals surface area contributed by atoms with Gasteiger partial charge in [-0.2, -0.15) is 8.78 Å². The summed E-state index contributed by atoms with van der Waals surface area (Å²) in [5.74, 6) is 0.648. The Kier molecular flexibility index (Phi) is 3.71. The molecule has 0 bridgehead atoms. The van der Waals surface area contributed by atoms with Gasteiger partial charge in [0, 0.05) is 10.4 Å². The zero-order chi connectivity index (χ0) is 18.5. The van der Waals surface area contributed by atoms with Crippen LogP contribution in [0.2, 0.25) is 0 Å². The van der Waals surface area contributed by atoms with Gasteiger partial charge in [-0.1, -0.05) is 0 Å². The van der Waals surface area contributed by atoms with E-state index in [1.807, 2.05) is 0 Å². The molecular weight excluding hydrogens is 374 g/mol. The number of aromatic nitrogens is 4. The second kappa shape index (κ2) is 6.12. The molecule has 6 nitrogen and oxygen atoms in total. The molecular formula is C18H14F2N4O2S. The molecule has 9 heteroatoms. The average molecular weight is 388 g/mol. The molecule has 0 aliphatic heterocycles. The summed E-state index contributed by atoms with van der Waals surface area (Å²) >= 11 is 1.72. The van der Waals surface area contributed by atoms with Crippen molar-refractivity contribution in [1.82, 2.24) is 19.6 Å². The number of aryl methyl sites for hydroxylation is 2. The van der Waals surface area contributed by atoms with Crippen LogP contribution < -0.4 is 9.47 Å². The number of hydrogen-bond donors (Lipinski definition) is 0. The molecule has 0 spiro atoms. The molecule has 0 saturated carbocycles. The zero-order valence-corrected chi connectivity index (χ0v) is 15.1. The van der Waals surface area contributed by atoms with Crippen LogP contribution in [0.1, 0.15) is 16.9 Å². The minimum atomic E-state index is -2.92. The van der Waals surface area contributed by atoms with Crippen LogP contribution in [-0.4, -0.2) is 33.3 Å². The number of thiophene rings is 1. The topological polar surface area (TPSA) is 61.5 Å². The minimum absolute atomic E-state index is 0.0280. The van der Waals surface area contributed by atoms with Gasteiger partial charge < -0.3 is 9.47 Å². The van der Waals surface area contributed by atoms with Gasteiger partial charge in [-0.05, 0) is 43.0 Å². The van der Waals surface area contributed by atoms with E-state index in [0.717, 1.165) is 35.1 Å². The molecule has 27 heavy (non-hydrogen) atoms. The zero-order valence-electron chi connectivity index (χ0n) is 14.3. The molecule has 3 aromatic heterocycles. The molecule has 0 fully saturated rings. The molecule has 5 rings (SSSR count). The first-order valence-electron chi connectivity index (χ1n) is 8.43. The summed E-state index contributed by atoms with van der Waals surface area (Å²) in [5, 5.41) is 5.58. The third-order valence-electron chi connectivity index (χ3n) is 4.68. The van der Waals surface area contributed by atoms with Gasteiger partial charge in [-0.25, -0.2) is 14.5 Å². The number of fused-ring (bicyclic) bond motifs is 5. The number of halogens is 2. The fourth-order valence-electron chi connectivity index (χ4n) is 3.52. The average Bonchev–Trinajstić information content (AvgIpc) is 3.34. The van der Waals surface area contributed by atoms with Crippen LogP contribution in [0.15, 0.2) is 24.5 Å². The lowest BCUT2D eigenvalue weighted by molar-refractivity contribution is -0.0512. The van der Waals surface area contributed by atoms with E-state index in [-0.39, 0.29) is 11.5 Å². The lowest BCUT2D eigenvalue weighted by Crippen LogP contribution is -2.03. The van der Waals surface area contributed by atoms with Crippen LogP contribution in [0.25, 0.3) is 27.3 Å². The van der Waals surface area contributed by atoms with E-state index in [2.05, 4.69) is 14.8 Å². The van der Waals surface area contributed by atoms with Crippen molar-refractivity contribution in [3.63, 3.8) is 0 Å².